The number of carboxylic acid groups (broad SMARTS) is 1. The molecule has 3 nitrogen and oxygen atoms in total. The van der Waals surface area contributed by atoms with E-state index in [1.54, 1.807) is 0 Å². The number of hydrogen-bond acceptors (Lipinski definition) is 2. The van der Waals surface area contributed by atoms with Crippen LogP contribution in [0.3, 0.4) is 0 Å². The third kappa shape index (κ3) is 3.85. The van der Waals surface area contributed by atoms with E-state index in [0.29, 0.717) is 6.54 Å². The van der Waals surface area contributed by atoms with Gasteiger partial charge in [0.05, 0.1) is 6.54 Å². The van der Waals surface area contributed by atoms with Gasteiger partial charge in [-0.3, -0.25) is 4.99 Å². The van der Waals surface area contributed by atoms with E-state index in [0.717, 1.165) is 16.3 Å². The van der Waals surface area contributed by atoms with E-state index in [2.05, 4.69) is 20.9 Å². The third-order valence-electron chi connectivity index (χ3n) is 1.39. The van der Waals surface area contributed by atoms with Gasteiger partial charge in [0.15, 0.2) is 0 Å². The Balaban J connectivity index is 2.55. The molecule has 0 heterocycles. The average molecular weight is 242 g/mol. The van der Waals surface area contributed by atoms with E-state index in [1.807, 2.05) is 24.3 Å². The molecule has 0 atom stereocenters. The van der Waals surface area contributed by atoms with E-state index in [4.69, 9.17) is 5.11 Å². The van der Waals surface area contributed by atoms with Crippen molar-refractivity contribution in [2.75, 3.05) is 0 Å². The molecule has 1 aromatic rings. The van der Waals surface area contributed by atoms with Crippen LogP contribution >= 0.6 is 15.9 Å². The second kappa shape index (κ2) is 4.77. The summed E-state index contributed by atoms with van der Waals surface area (Å²) in [4.78, 5) is 13.8. The van der Waals surface area contributed by atoms with Gasteiger partial charge in [-0.1, -0.05) is 28.1 Å². The first-order valence-corrected chi connectivity index (χ1v) is 4.45. The molecule has 0 unspecified atom stereocenters. The summed E-state index contributed by atoms with van der Waals surface area (Å²) in [5, 5.41) is 8.28. The Bertz CT molecular complexity index is 319. The van der Waals surface area contributed by atoms with Crippen molar-refractivity contribution >= 4 is 28.1 Å². The Morgan fingerprint density at radius 3 is 2.62 bits per heavy atom. The zero-order valence-electron chi connectivity index (χ0n) is 6.77. The smallest absolute Gasteiger partial charge is 0.346 e. The molecule has 0 radical (unpaired) electrons. The summed E-state index contributed by atoms with van der Waals surface area (Å²) < 4.78 is 0.999. The topological polar surface area (TPSA) is 49.7 Å². The maximum atomic E-state index is 10.1. The predicted octanol–water partition coefficient (Wildman–Crippen LogP) is 2.10. The Morgan fingerprint density at radius 1 is 1.46 bits per heavy atom. The summed E-state index contributed by atoms with van der Waals surface area (Å²) in [6, 6.07) is 7.57. The summed E-state index contributed by atoms with van der Waals surface area (Å²) in [6.45, 7) is 0.402. The van der Waals surface area contributed by atoms with Crippen molar-refractivity contribution in [3.8, 4) is 0 Å². The van der Waals surface area contributed by atoms with Gasteiger partial charge in [-0.05, 0) is 17.7 Å². The summed E-state index contributed by atoms with van der Waals surface area (Å²) in [7, 11) is 0. The van der Waals surface area contributed by atoms with Crippen LogP contribution in [-0.4, -0.2) is 17.3 Å². The molecule has 13 heavy (non-hydrogen) atoms. The molecule has 0 aromatic heterocycles. The van der Waals surface area contributed by atoms with E-state index >= 15 is 0 Å². The highest BCUT2D eigenvalue weighted by Crippen LogP contribution is 2.10. The summed E-state index contributed by atoms with van der Waals surface area (Å²) in [5.74, 6) is -1.02. The standard InChI is InChI=1S/C9H8BrNO2/c10-8-3-1-7(2-4-8)5-11-6-9(12)13/h1-4,6H,5H2,(H,12,13). The minimum Gasteiger partial charge on any atom is -0.477 e. The minimum atomic E-state index is -1.02. The van der Waals surface area contributed by atoms with E-state index in [9.17, 15) is 4.79 Å². The third-order valence-corrected chi connectivity index (χ3v) is 1.92. The summed E-state index contributed by atoms with van der Waals surface area (Å²) in [5.41, 5.74) is 0.987. The first kappa shape index (κ1) is 9.92. The van der Waals surface area contributed by atoms with Gasteiger partial charge in [0.2, 0.25) is 0 Å². The van der Waals surface area contributed by atoms with Gasteiger partial charge in [-0.2, -0.15) is 0 Å². The largest absolute Gasteiger partial charge is 0.477 e. The number of carboxylic acids is 1. The van der Waals surface area contributed by atoms with Crippen molar-refractivity contribution in [3.63, 3.8) is 0 Å². The molecule has 4 heteroatoms. The molecule has 0 spiro atoms. The Labute approximate surface area is 84.2 Å². The van der Waals surface area contributed by atoms with Crippen molar-refractivity contribution in [1.29, 1.82) is 0 Å². The molecule has 0 bridgehead atoms. The minimum absolute atomic E-state index is 0.402. The predicted molar refractivity (Wildman–Crippen MR) is 54.0 cm³/mol. The number of aliphatic carboxylic acids is 1. The second-order valence-electron chi connectivity index (χ2n) is 2.43. The van der Waals surface area contributed by atoms with Crippen LogP contribution in [0, 0.1) is 0 Å². The molecule has 0 fully saturated rings. The molecule has 68 valence electrons. The number of aliphatic imine (C=N–C) groups is 1. The zero-order chi connectivity index (χ0) is 9.68. The fourth-order valence-electron chi connectivity index (χ4n) is 0.819. The lowest BCUT2D eigenvalue weighted by Crippen LogP contribution is -1.95. The summed E-state index contributed by atoms with van der Waals surface area (Å²) in [6.07, 6.45) is 0.905. The van der Waals surface area contributed by atoms with Crippen LogP contribution in [0.2, 0.25) is 0 Å². The lowest BCUT2D eigenvalue weighted by Gasteiger charge is -1.95. The van der Waals surface area contributed by atoms with Crippen molar-refractivity contribution in [2.24, 2.45) is 4.99 Å². The fourth-order valence-corrected chi connectivity index (χ4v) is 1.08. The van der Waals surface area contributed by atoms with Crippen molar-refractivity contribution in [2.45, 2.75) is 6.54 Å². The van der Waals surface area contributed by atoms with Crippen LogP contribution in [0.15, 0.2) is 33.7 Å². The van der Waals surface area contributed by atoms with Crippen LogP contribution in [0.5, 0.6) is 0 Å². The van der Waals surface area contributed by atoms with Crippen molar-refractivity contribution < 1.29 is 9.90 Å². The SMILES string of the molecule is O=C(O)C=NCc1ccc(Br)cc1. The molecule has 0 aliphatic carbocycles. The number of halogens is 1. The number of nitrogens with zero attached hydrogens (tertiary/aromatic N) is 1. The van der Waals surface area contributed by atoms with Crippen LogP contribution in [-0.2, 0) is 11.3 Å². The molecule has 0 saturated heterocycles. The molecule has 1 aromatic carbocycles. The number of rotatable bonds is 3. The molecular weight excluding hydrogens is 234 g/mol. The lowest BCUT2D eigenvalue weighted by molar-refractivity contribution is -0.128. The van der Waals surface area contributed by atoms with Crippen molar-refractivity contribution in [1.82, 2.24) is 0 Å². The summed E-state index contributed by atoms with van der Waals surface area (Å²) >= 11 is 3.30. The molecule has 0 aliphatic heterocycles. The second-order valence-corrected chi connectivity index (χ2v) is 3.35. The maximum Gasteiger partial charge on any atom is 0.346 e. The molecule has 1 N–H and O–H groups in total. The first-order chi connectivity index (χ1) is 6.18. The molecule has 0 aliphatic rings. The molecule has 1 rings (SSSR count). The zero-order valence-corrected chi connectivity index (χ0v) is 8.36. The highest BCUT2D eigenvalue weighted by Gasteiger charge is 1.91. The number of hydrogen-bond donors (Lipinski definition) is 1. The number of carbonyl (C=O) groups is 1. The van der Waals surface area contributed by atoms with Gasteiger partial charge in [-0.25, -0.2) is 4.79 Å². The monoisotopic (exact) mass is 241 g/mol. The van der Waals surface area contributed by atoms with Gasteiger partial charge in [0, 0.05) is 4.47 Å². The van der Waals surface area contributed by atoms with Crippen LogP contribution in [0.4, 0.5) is 0 Å². The van der Waals surface area contributed by atoms with E-state index < -0.39 is 5.97 Å². The van der Waals surface area contributed by atoms with Gasteiger partial charge in [0.1, 0.15) is 6.21 Å². The Kier molecular flexibility index (Phi) is 3.64. The maximum absolute atomic E-state index is 10.1. The van der Waals surface area contributed by atoms with Crippen LogP contribution in [0.1, 0.15) is 5.56 Å². The van der Waals surface area contributed by atoms with E-state index in [1.165, 1.54) is 0 Å². The normalized spacial score (nSPS) is 10.5. The molecular formula is C9H8BrNO2. The van der Waals surface area contributed by atoms with Crippen molar-refractivity contribution in [3.05, 3.63) is 34.3 Å². The van der Waals surface area contributed by atoms with Crippen LogP contribution < -0.4 is 0 Å². The van der Waals surface area contributed by atoms with E-state index in [-0.39, 0.29) is 0 Å². The number of benzene rings is 1. The average Bonchev–Trinajstić information content (AvgIpc) is 2.08. The Morgan fingerprint density at radius 2 is 2.08 bits per heavy atom. The lowest BCUT2D eigenvalue weighted by atomic mass is 10.2. The van der Waals surface area contributed by atoms with Gasteiger partial charge in [0.25, 0.3) is 0 Å². The fraction of sp³-hybridized carbons (Fsp3) is 0.111. The van der Waals surface area contributed by atoms with Crippen LogP contribution in [0.25, 0.3) is 0 Å². The van der Waals surface area contributed by atoms with Gasteiger partial charge in [-0.15, -0.1) is 0 Å². The highest BCUT2D eigenvalue weighted by atomic mass is 79.9. The van der Waals surface area contributed by atoms with Gasteiger partial charge >= 0.3 is 5.97 Å². The molecule has 0 saturated carbocycles. The quantitative estimate of drug-likeness (QED) is 0.825. The van der Waals surface area contributed by atoms with Gasteiger partial charge < -0.3 is 5.11 Å². The Hall–Kier alpha value is -1.16. The highest BCUT2D eigenvalue weighted by molar-refractivity contribution is 9.10. The molecule has 0 amide bonds. The first-order valence-electron chi connectivity index (χ1n) is 3.65.